The van der Waals surface area contributed by atoms with Gasteiger partial charge in [0.2, 0.25) is 0 Å². The van der Waals surface area contributed by atoms with Crippen molar-refractivity contribution in [1.82, 2.24) is 0 Å². The van der Waals surface area contributed by atoms with E-state index in [9.17, 15) is 0 Å². The largest absolute Gasteiger partial charge is 0.398 e. The Balaban J connectivity index is 1.81. The Labute approximate surface area is 179 Å². The van der Waals surface area contributed by atoms with E-state index in [1.807, 2.05) is 18.2 Å². The SMILES string of the molecule is C=C(CNc1c(N)c2cc(C)ccc2c2ccc(C)cc12)c1cc(Br)ccc1N. The molecule has 0 saturated heterocycles. The first-order valence-electron chi connectivity index (χ1n) is 9.54. The lowest BCUT2D eigenvalue weighted by Gasteiger charge is -2.18. The van der Waals surface area contributed by atoms with E-state index in [-0.39, 0.29) is 0 Å². The van der Waals surface area contributed by atoms with Crippen LogP contribution in [0.4, 0.5) is 17.1 Å². The summed E-state index contributed by atoms with van der Waals surface area (Å²) in [5.41, 5.74) is 19.5. The predicted molar refractivity (Wildman–Crippen MR) is 131 cm³/mol. The Kier molecular flexibility index (Phi) is 4.97. The van der Waals surface area contributed by atoms with Gasteiger partial charge in [-0.2, -0.15) is 0 Å². The maximum atomic E-state index is 6.66. The van der Waals surface area contributed by atoms with Gasteiger partial charge in [-0.05, 0) is 60.5 Å². The van der Waals surface area contributed by atoms with Crippen LogP contribution >= 0.6 is 15.9 Å². The minimum absolute atomic E-state index is 0.547. The summed E-state index contributed by atoms with van der Waals surface area (Å²) in [7, 11) is 0. The van der Waals surface area contributed by atoms with Crippen LogP contribution in [0.3, 0.4) is 0 Å². The number of fused-ring (bicyclic) bond motifs is 3. The number of aryl methyl sites for hydroxylation is 2. The molecule has 0 amide bonds. The van der Waals surface area contributed by atoms with Gasteiger partial charge < -0.3 is 16.8 Å². The molecule has 0 spiro atoms. The second-order valence-corrected chi connectivity index (χ2v) is 8.49. The molecule has 0 bridgehead atoms. The minimum atomic E-state index is 0.547. The average Bonchev–Trinajstić information content (AvgIpc) is 2.69. The standard InChI is InChI=1S/C25H24BrN3/c1-14-4-7-18-19-8-5-15(2)11-22(19)25(24(28)21(18)10-14)29-13-16(3)20-12-17(26)6-9-23(20)27/h4-12,29H,3,13,27-28H2,1-2H3. The highest BCUT2D eigenvalue weighted by Gasteiger charge is 2.14. The van der Waals surface area contributed by atoms with Crippen LogP contribution in [0.5, 0.6) is 0 Å². The molecule has 146 valence electrons. The lowest BCUT2D eigenvalue weighted by molar-refractivity contribution is 1.35. The first kappa shape index (κ1) is 19.3. The van der Waals surface area contributed by atoms with Crippen LogP contribution in [0.25, 0.3) is 27.1 Å². The van der Waals surface area contributed by atoms with Gasteiger partial charge >= 0.3 is 0 Å². The van der Waals surface area contributed by atoms with E-state index < -0.39 is 0 Å². The third kappa shape index (κ3) is 3.56. The third-order valence-electron chi connectivity index (χ3n) is 5.34. The van der Waals surface area contributed by atoms with E-state index in [1.54, 1.807) is 0 Å². The molecule has 4 aromatic carbocycles. The summed E-state index contributed by atoms with van der Waals surface area (Å²) < 4.78 is 0.976. The smallest absolute Gasteiger partial charge is 0.0662 e. The summed E-state index contributed by atoms with van der Waals surface area (Å²) >= 11 is 3.51. The highest BCUT2D eigenvalue weighted by molar-refractivity contribution is 9.10. The molecule has 0 atom stereocenters. The molecule has 29 heavy (non-hydrogen) atoms. The number of rotatable bonds is 4. The van der Waals surface area contributed by atoms with Crippen molar-refractivity contribution < 1.29 is 0 Å². The predicted octanol–water partition coefficient (Wildman–Crippen LogP) is 6.66. The zero-order valence-electron chi connectivity index (χ0n) is 16.6. The lowest BCUT2D eigenvalue weighted by Crippen LogP contribution is -2.08. The van der Waals surface area contributed by atoms with E-state index in [4.69, 9.17) is 11.5 Å². The van der Waals surface area contributed by atoms with Crippen LogP contribution in [-0.4, -0.2) is 6.54 Å². The molecule has 5 N–H and O–H groups in total. The van der Waals surface area contributed by atoms with Gasteiger partial charge in [0, 0.05) is 33.0 Å². The van der Waals surface area contributed by atoms with Gasteiger partial charge in [0.15, 0.2) is 0 Å². The van der Waals surface area contributed by atoms with Gasteiger partial charge in [0.05, 0.1) is 11.4 Å². The van der Waals surface area contributed by atoms with E-state index in [0.717, 1.165) is 37.8 Å². The first-order chi connectivity index (χ1) is 13.8. The van der Waals surface area contributed by atoms with Gasteiger partial charge in [0.1, 0.15) is 0 Å². The minimum Gasteiger partial charge on any atom is -0.398 e. The highest BCUT2D eigenvalue weighted by atomic mass is 79.9. The van der Waals surface area contributed by atoms with Crippen molar-refractivity contribution >= 4 is 60.1 Å². The fourth-order valence-electron chi connectivity index (χ4n) is 3.81. The van der Waals surface area contributed by atoms with Gasteiger partial charge in [0.25, 0.3) is 0 Å². The molecule has 4 aromatic rings. The summed E-state index contributed by atoms with van der Waals surface area (Å²) in [5.74, 6) is 0. The summed E-state index contributed by atoms with van der Waals surface area (Å²) in [5, 5.41) is 8.09. The average molecular weight is 446 g/mol. The Morgan fingerprint density at radius 2 is 1.48 bits per heavy atom. The number of nitrogens with one attached hydrogen (secondary N) is 1. The highest BCUT2D eigenvalue weighted by Crippen LogP contribution is 2.39. The number of hydrogen-bond donors (Lipinski definition) is 3. The molecule has 0 heterocycles. The maximum Gasteiger partial charge on any atom is 0.0662 e. The number of nitrogen functional groups attached to an aromatic ring is 2. The van der Waals surface area contributed by atoms with Crippen LogP contribution in [0, 0.1) is 13.8 Å². The Hall–Kier alpha value is -2.98. The zero-order chi connectivity index (χ0) is 20.7. The van der Waals surface area contributed by atoms with Crippen LogP contribution in [0.1, 0.15) is 16.7 Å². The van der Waals surface area contributed by atoms with Gasteiger partial charge in [-0.3, -0.25) is 0 Å². The molecule has 0 fully saturated rings. The fraction of sp³-hybridized carbons (Fsp3) is 0.120. The molecule has 4 heteroatoms. The van der Waals surface area contributed by atoms with Crippen LogP contribution in [0.2, 0.25) is 0 Å². The summed E-state index contributed by atoms with van der Waals surface area (Å²) in [4.78, 5) is 0. The van der Waals surface area contributed by atoms with Crippen LogP contribution < -0.4 is 16.8 Å². The number of benzene rings is 4. The van der Waals surface area contributed by atoms with Gasteiger partial charge in [-0.25, -0.2) is 0 Å². The second-order valence-electron chi connectivity index (χ2n) is 7.58. The Morgan fingerprint density at radius 3 is 2.17 bits per heavy atom. The van der Waals surface area contributed by atoms with Crippen molar-refractivity contribution in [3.63, 3.8) is 0 Å². The van der Waals surface area contributed by atoms with E-state index in [2.05, 4.69) is 78.1 Å². The Morgan fingerprint density at radius 1 is 0.862 bits per heavy atom. The summed E-state index contributed by atoms with van der Waals surface area (Å²) in [6.07, 6.45) is 0. The number of hydrogen-bond acceptors (Lipinski definition) is 3. The topological polar surface area (TPSA) is 64.1 Å². The van der Waals surface area contributed by atoms with Crippen LogP contribution in [-0.2, 0) is 0 Å². The molecule has 0 aliphatic heterocycles. The number of halogens is 1. The molecule has 0 aromatic heterocycles. The van der Waals surface area contributed by atoms with Crippen molar-refractivity contribution in [1.29, 1.82) is 0 Å². The molecule has 0 aliphatic rings. The van der Waals surface area contributed by atoms with Crippen molar-refractivity contribution in [3.05, 3.63) is 82.3 Å². The van der Waals surface area contributed by atoms with E-state index in [1.165, 1.54) is 21.9 Å². The molecule has 3 nitrogen and oxygen atoms in total. The first-order valence-corrected chi connectivity index (χ1v) is 10.3. The zero-order valence-corrected chi connectivity index (χ0v) is 18.2. The third-order valence-corrected chi connectivity index (χ3v) is 5.84. The summed E-state index contributed by atoms with van der Waals surface area (Å²) in [6.45, 7) is 8.97. The number of nitrogens with two attached hydrogens (primary N) is 2. The van der Waals surface area contributed by atoms with Crippen molar-refractivity contribution in [3.8, 4) is 0 Å². The van der Waals surface area contributed by atoms with Crippen LogP contribution in [0.15, 0.2) is 65.6 Å². The quantitative estimate of drug-likeness (QED) is 0.187. The van der Waals surface area contributed by atoms with E-state index >= 15 is 0 Å². The van der Waals surface area contributed by atoms with Gasteiger partial charge in [-0.15, -0.1) is 0 Å². The monoisotopic (exact) mass is 445 g/mol. The molecule has 0 aliphatic carbocycles. The van der Waals surface area contributed by atoms with Crippen molar-refractivity contribution in [2.75, 3.05) is 23.3 Å². The second kappa shape index (κ2) is 7.45. The molecular formula is C25H24BrN3. The molecular weight excluding hydrogens is 422 g/mol. The molecule has 4 rings (SSSR count). The lowest BCUT2D eigenvalue weighted by atomic mass is 9.95. The maximum absolute atomic E-state index is 6.66. The fourth-order valence-corrected chi connectivity index (χ4v) is 4.17. The van der Waals surface area contributed by atoms with Crippen molar-refractivity contribution in [2.24, 2.45) is 0 Å². The molecule has 0 radical (unpaired) electrons. The van der Waals surface area contributed by atoms with Gasteiger partial charge in [-0.1, -0.05) is 57.9 Å². The van der Waals surface area contributed by atoms with Crippen molar-refractivity contribution in [2.45, 2.75) is 13.8 Å². The summed E-state index contributed by atoms with van der Waals surface area (Å²) in [6, 6.07) is 18.7. The Bertz CT molecular complexity index is 1270. The van der Waals surface area contributed by atoms with E-state index in [0.29, 0.717) is 12.2 Å². The normalized spacial score (nSPS) is 11.1. The number of anilines is 3. The molecule has 0 unspecified atom stereocenters. The molecule has 0 saturated carbocycles.